The molecule has 5 rings (SSSR count). The number of nitrogens with one attached hydrogen (secondary N) is 1. The van der Waals surface area contributed by atoms with Gasteiger partial charge in [0, 0.05) is 47.7 Å². The van der Waals surface area contributed by atoms with Crippen LogP contribution in [-0.4, -0.2) is 32.5 Å². The minimum absolute atomic E-state index is 0.0676. The minimum Gasteiger partial charge on any atom is -0.472 e. The average molecular weight is 422 g/mol. The van der Waals surface area contributed by atoms with Crippen LogP contribution in [0.5, 0.6) is 0 Å². The Kier molecular flexibility index (Phi) is 5.55. The monoisotopic (exact) mass is 422 g/mol. The Morgan fingerprint density at radius 2 is 1.75 bits per heavy atom. The van der Waals surface area contributed by atoms with Crippen molar-refractivity contribution in [3.05, 3.63) is 91.3 Å². The van der Waals surface area contributed by atoms with E-state index < -0.39 is 0 Å². The van der Waals surface area contributed by atoms with Gasteiger partial charge < -0.3 is 15.5 Å². The SMILES string of the molecule is N[C@H](CNc1nc(-c2ccncc2)nc2c(-c3ccoc3)nccc12)Cc1ccccc1. The van der Waals surface area contributed by atoms with Crippen LogP contribution in [0.3, 0.4) is 0 Å². The number of hydrogen-bond donors (Lipinski definition) is 2. The van der Waals surface area contributed by atoms with Gasteiger partial charge in [-0.3, -0.25) is 9.97 Å². The summed E-state index contributed by atoms with van der Waals surface area (Å²) in [4.78, 5) is 18.3. The quantitative estimate of drug-likeness (QED) is 0.402. The number of pyridine rings is 2. The predicted molar refractivity (Wildman–Crippen MR) is 125 cm³/mol. The summed E-state index contributed by atoms with van der Waals surface area (Å²) in [6, 6.07) is 17.7. The predicted octanol–water partition coefficient (Wildman–Crippen LogP) is 4.33. The number of benzene rings is 1. The molecule has 0 bridgehead atoms. The van der Waals surface area contributed by atoms with Gasteiger partial charge in [0.15, 0.2) is 5.82 Å². The molecular formula is C25H22N6O. The third-order valence-corrected chi connectivity index (χ3v) is 5.22. The number of fused-ring (bicyclic) bond motifs is 1. The molecule has 0 fully saturated rings. The Balaban J connectivity index is 1.52. The van der Waals surface area contributed by atoms with E-state index in [4.69, 9.17) is 20.1 Å². The van der Waals surface area contributed by atoms with Crippen LogP contribution in [0.25, 0.3) is 33.5 Å². The molecule has 5 aromatic rings. The van der Waals surface area contributed by atoms with E-state index in [9.17, 15) is 0 Å². The largest absolute Gasteiger partial charge is 0.472 e. The van der Waals surface area contributed by atoms with Crippen LogP contribution in [-0.2, 0) is 6.42 Å². The normalized spacial score (nSPS) is 12.0. The van der Waals surface area contributed by atoms with Crippen LogP contribution < -0.4 is 11.1 Å². The highest BCUT2D eigenvalue weighted by Gasteiger charge is 2.16. The molecule has 0 amide bonds. The smallest absolute Gasteiger partial charge is 0.162 e. The van der Waals surface area contributed by atoms with E-state index in [0.717, 1.165) is 40.0 Å². The molecule has 0 saturated carbocycles. The Morgan fingerprint density at radius 1 is 0.906 bits per heavy atom. The number of nitrogens with two attached hydrogens (primary N) is 1. The second-order valence-corrected chi connectivity index (χ2v) is 7.53. The third-order valence-electron chi connectivity index (χ3n) is 5.22. The maximum Gasteiger partial charge on any atom is 0.162 e. The number of furan rings is 1. The van der Waals surface area contributed by atoms with Crippen molar-refractivity contribution < 1.29 is 4.42 Å². The molecule has 7 nitrogen and oxygen atoms in total. The Morgan fingerprint density at radius 3 is 2.53 bits per heavy atom. The molecule has 0 spiro atoms. The van der Waals surface area contributed by atoms with Crippen molar-refractivity contribution in [2.75, 3.05) is 11.9 Å². The maximum atomic E-state index is 6.41. The number of nitrogens with zero attached hydrogens (tertiary/aromatic N) is 4. The number of anilines is 1. The first-order valence-electron chi connectivity index (χ1n) is 10.4. The summed E-state index contributed by atoms with van der Waals surface area (Å²) in [7, 11) is 0. The number of rotatable bonds is 7. The second-order valence-electron chi connectivity index (χ2n) is 7.53. The second kappa shape index (κ2) is 8.95. The molecule has 158 valence electrons. The zero-order chi connectivity index (χ0) is 21.8. The zero-order valence-electron chi connectivity index (χ0n) is 17.3. The van der Waals surface area contributed by atoms with E-state index in [1.54, 1.807) is 31.1 Å². The first-order chi connectivity index (χ1) is 15.8. The lowest BCUT2D eigenvalue weighted by Crippen LogP contribution is -2.31. The summed E-state index contributed by atoms with van der Waals surface area (Å²) in [5.74, 6) is 1.31. The molecule has 0 saturated heterocycles. The lowest BCUT2D eigenvalue weighted by Gasteiger charge is -2.16. The molecule has 3 N–H and O–H groups in total. The molecule has 0 aliphatic carbocycles. The fourth-order valence-electron chi connectivity index (χ4n) is 3.65. The zero-order valence-corrected chi connectivity index (χ0v) is 17.3. The fourth-order valence-corrected chi connectivity index (χ4v) is 3.65. The van der Waals surface area contributed by atoms with E-state index in [1.807, 2.05) is 42.5 Å². The van der Waals surface area contributed by atoms with Gasteiger partial charge in [0.25, 0.3) is 0 Å². The van der Waals surface area contributed by atoms with E-state index >= 15 is 0 Å². The Bertz CT molecular complexity index is 1310. The van der Waals surface area contributed by atoms with Gasteiger partial charge in [0.05, 0.1) is 18.2 Å². The topological polar surface area (TPSA) is 103 Å². The van der Waals surface area contributed by atoms with Crippen molar-refractivity contribution in [3.63, 3.8) is 0 Å². The van der Waals surface area contributed by atoms with Crippen molar-refractivity contribution >= 4 is 16.7 Å². The highest BCUT2D eigenvalue weighted by molar-refractivity contribution is 5.98. The van der Waals surface area contributed by atoms with Crippen molar-refractivity contribution in [1.29, 1.82) is 0 Å². The standard InChI is InChI=1S/C25H22N6O/c26-20(14-17-4-2-1-3-5-17)15-29-25-21-8-12-28-22(19-9-13-32-16-19)23(21)30-24(31-25)18-6-10-27-11-7-18/h1-13,16,20H,14-15,26H2,(H,29,30,31)/t20-/m0/s1. The average Bonchev–Trinajstić information content (AvgIpc) is 3.38. The first kappa shape index (κ1) is 19.8. The van der Waals surface area contributed by atoms with Crippen molar-refractivity contribution in [2.24, 2.45) is 5.73 Å². The third kappa shape index (κ3) is 4.19. The van der Waals surface area contributed by atoms with E-state index in [-0.39, 0.29) is 6.04 Å². The van der Waals surface area contributed by atoms with E-state index in [1.165, 1.54) is 5.56 Å². The highest BCUT2D eigenvalue weighted by Crippen LogP contribution is 2.31. The summed E-state index contributed by atoms with van der Waals surface area (Å²) < 4.78 is 5.27. The molecule has 32 heavy (non-hydrogen) atoms. The minimum atomic E-state index is -0.0676. The van der Waals surface area contributed by atoms with Crippen molar-refractivity contribution in [1.82, 2.24) is 19.9 Å². The van der Waals surface area contributed by atoms with Crippen LogP contribution in [0, 0.1) is 0 Å². The molecule has 4 heterocycles. The molecule has 1 aromatic carbocycles. The molecular weight excluding hydrogens is 400 g/mol. The van der Waals surface area contributed by atoms with Gasteiger partial charge in [-0.05, 0) is 36.2 Å². The molecule has 7 heteroatoms. The van der Waals surface area contributed by atoms with Crippen molar-refractivity contribution in [2.45, 2.75) is 12.5 Å². The summed E-state index contributed by atoms with van der Waals surface area (Å²) >= 11 is 0. The van der Waals surface area contributed by atoms with Gasteiger partial charge in [-0.1, -0.05) is 30.3 Å². The molecule has 0 unspecified atom stereocenters. The van der Waals surface area contributed by atoms with Gasteiger partial charge in [-0.15, -0.1) is 0 Å². The van der Waals surface area contributed by atoms with Crippen LogP contribution in [0.1, 0.15) is 5.56 Å². The summed E-state index contributed by atoms with van der Waals surface area (Å²) in [6.45, 7) is 0.570. The molecule has 0 radical (unpaired) electrons. The maximum absolute atomic E-state index is 6.41. The van der Waals surface area contributed by atoms with E-state index in [2.05, 4.69) is 27.4 Å². The van der Waals surface area contributed by atoms with Gasteiger partial charge >= 0.3 is 0 Å². The van der Waals surface area contributed by atoms with Crippen LogP contribution in [0.2, 0.25) is 0 Å². The summed E-state index contributed by atoms with van der Waals surface area (Å²) in [5.41, 5.74) is 10.8. The summed E-state index contributed by atoms with van der Waals surface area (Å²) in [6.07, 6.45) is 9.28. The van der Waals surface area contributed by atoms with Crippen LogP contribution >= 0.6 is 0 Å². The van der Waals surface area contributed by atoms with Crippen LogP contribution in [0.4, 0.5) is 5.82 Å². The van der Waals surface area contributed by atoms with Gasteiger partial charge in [0.2, 0.25) is 0 Å². The highest BCUT2D eigenvalue weighted by atomic mass is 16.3. The molecule has 4 aromatic heterocycles. The van der Waals surface area contributed by atoms with Gasteiger partial charge in [-0.2, -0.15) is 0 Å². The summed E-state index contributed by atoms with van der Waals surface area (Å²) in [5, 5.41) is 4.32. The Hall–Kier alpha value is -4.10. The van der Waals surface area contributed by atoms with E-state index in [0.29, 0.717) is 12.4 Å². The van der Waals surface area contributed by atoms with Gasteiger partial charge in [-0.25, -0.2) is 9.97 Å². The molecule has 0 aliphatic heterocycles. The van der Waals surface area contributed by atoms with Crippen molar-refractivity contribution in [3.8, 4) is 22.6 Å². The van der Waals surface area contributed by atoms with Crippen LogP contribution in [0.15, 0.2) is 90.1 Å². The molecule has 1 atom stereocenters. The van der Waals surface area contributed by atoms with Gasteiger partial charge in [0.1, 0.15) is 11.3 Å². The lowest BCUT2D eigenvalue weighted by atomic mass is 10.1. The number of hydrogen-bond acceptors (Lipinski definition) is 7. The Labute approximate surface area is 185 Å². The molecule has 0 aliphatic rings. The fraction of sp³-hybridized carbons (Fsp3) is 0.120. The lowest BCUT2D eigenvalue weighted by molar-refractivity contribution is 0.568. The first-order valence-corrected chi connectivity index (χ1v) is 10.4. The number of aromatic nitrogens is 4.